The van der Waals surface area contributed by atoms with Crippen molar-refractivity contribution in [3.05, 3.63) is 34.1 Å². The summed E-state index contributed by atoms with van der Waals surface area (Å²) >= 11 is 0. The molecule has 3 N–H and O–H groups in total. The van der Waals surface area contributed by atoms with E-state index in [0.29, 0.717) is 6.42 Å². The van der Waals surface area contributed by atoms with E-state index in [1.54, 1.807) is 0 Å². The van der Waals surface area contributed by atoms with Gasteiger partial charge in [-0.05, 0) is 12.5 Å². The Morgan fingerprint density at radius 3 is 2.82 bits per heavy atom. The summed E-state index contributed by atoms with van der Waals surface area (Å²) in [5.41, 5.74) is 4.44. The number of nitrogens with two attached hydrogens (primary N) is 1. The van der Waals surface area contributed by atoms with Crippen LogP contribution in [0.5, 0.6) is 0 Å². The van der Waals surface area contributed by atoms with Gasteiger partial charge in [0, 0.05) is 19.0 Å². The van der Waals surface area contributed by atoms with Gasteiger partial charge >= 0.3 is 0 Å². The topological polar surface area (TPSA) is 98.3 Å². The zero-order valence-electron chi connectivity index (χ0n) is 8.98. The molecule has 17 heavy (non-hydrogen) atoms. The van der Waals surface area contributed by atoms with Crippen molar-refractivity contribution in [2.24, 2.45) is 5.73 Å². The fraction of sp³-hybridized carbons (Fsp3) is 0.300. The molecule has 0 fully saturated rings. The molecule has 7 heteroatoms. The molecule has 0 radical (unpaired) electrons. The molecule has 0 spiro atoms. The highest BCUT2D eigenvalue weighted by Crippen LogP contribution is 2.26. The van der Waals surface area contributed by atoms with E-state index in [0.717, 1.165) is 6.07 Å². The Labute approximate surface area is 96.8 Å². The Balaban J connectivity index is 2.69. The molecule has 0 bridgehead atoms. The summed E-state index contributed by atoms with van der Waals surface area (Å²) in [5.74, 6) is -1.16. The maximum absolute atomic E-state index is 13.3. The molecule has 1 rings (SSSR count). The molecule has 92 valence electrons. The highest BCUT2D eigenvalue weighted by Gasteiger charge is 2.16. The van der Waals surface area contributed by atoms with Crippen molar-refractivity contribution in [1.29, 1.82) is 0 Å². The molecule has 0 aliphatic rings. The zero-order chi connectivity index (χ0) is 12.8. The highest BCUT2D eigenvalue weighted by molar-refractivity contribution is 5.73. The lowest BCUT2D eigenvalue weighted by Crippen LogP contribution is -2.13. The van der Waals surface area contributed by atoms with Crippen LogP contribution in [-0.4, -0.2) is 17.4 Å². The second-order valence-corrected chi connectivity index (χ2v) is 3.39. The molecule has 0 saturated heterocycles. The number of nitro groups is 1. The Hall–Kier alpha value is -2.18. The average Bonchev–Trinajstić information content (AvgIpc) is 2.25. The number of para-hydroxylation sites is 1. The molecule has 1 amide bonds. The molecule has 0 aromatic heterocycles. The number of nitro benzene ring substituents is 1. The van der Waals surface area contributed by atoms with E-state index in [1.165, 1.54) is 12.1 Å². The number of nitrogens with zero attached hydrogens (tertiary/aromatic N) is 1. The van der Waals surface area contributed by atoms with Crippen LogP contribution in [0.3, 0.4) is 0 Å². The molecule has 0 heterocycles. The number of nitrogens with one attached hydrogen (secondary N) is 1. The first-order valence-corrected chi connectivity index (χ1v) is 4.97. The zero-order valence-corrected chi connectivity index (χ0v) is 8.98. The van der Waals surface area contributed by atoms with Crippen LogP contribution in [0, 0.1) is 15.9 Å². The minimum absolute atomic E-state index is 0.148. The normalized spacial score (nSPS) is 9.94. The first-order valence-electron chi connectivity index (χ1n) is 4.97. The standard InChI is InChI=1S/C10H12FN3O3/c11-7-3-1-4-8(14(16)17)10(7)13-6-2-5-9(12)15/h1,3-4,13H,2,5-6H2,(H2,12,15). The van der Waals surface area contributed by atoms with Crippen LogP contribution in [-0.2, 0) is 4.79 Å². The Morgan fingerprint density at radius 1 is 1.53 bits per heavy atom. The maximum atomic E-state index is 13.3. The summed E-state index contributed by atoms with van der Waals surface area (Å²) in [6.45, 7) is 0.241. The second kappa shape index (κ2) is 5.78. The van der Waals surface area contributed by atoms with Gasteiger partial charge in [-0.1, -0.05) is 6.07 Å². The Bertz CT molecular complexity index is 437. The predicted molar refractivity (Wildman–Crippen MR) is 60.0 cm³/mol. The second-order valence-electron chi connectivity index (χ2n) is 3.39. The Morgan fingerprint density at radius 2 is 2.24 bits per heavy atom. The average molecular weight is 241 g/mol. The van der Waals surface area contributed by atoms with Crippen molar-refractivity contribution in [2.45, 2.75) is 12.8 Å². The molecule has 0 atom stereocenters. The fourth-order valence-corrected chi connectivity index (χ4v) is 1.32. The smallest absolute Gasteiger partial charge is 0.295 e. The minimum Gasteiger partial charge on any atom is -0.377 e. The van der Waals surface area contributed by atoms with Gasteiger partial charge in [-0.25, -0.2) is 4.39 Å². The van der Waals surface area contributed by atoms with Crippen molar-refractivity contribution in [3.63, 3.8) is 0 Å². The van der Waals surface area contributed by atoms with Crippen LogP contribution < -0.4 is 11.1 Å². The largest absolute Gasteiger partial charge is 0.377 e. The number of carbonyl (C=O) groups is 1. The number of carbonyl (C=O) groups excluding carboxylic acids is 1. The van der Waals surface area contributed by atoms with Crippen LogP contribution in [0.1, 0.15) is 12.8 Å². The van der Waals surface area contributed by atoms with Crippen LogP contribution in [0.2, 0.25) is 0 Å². The van der Waals surface area contributed by atoms with Crippen molar-refractivity contribution in [1.82, 2.24) is 0 Å². The van der Waals surface area contributed by atoms with Gasteiger partial charge in [0.25, 0.3) is 5.69 Å². The summed E-state index contributed by atoms with van der Waals surface area (Å²) in [6.07, 6.45) is 0.538. The van der Waals surface area contributed by atoms with Gasteiger partial charge in [0.15, 0.2) is 5.82 Å². The summed E-state index contributed by atoms with van der Waals surface area (Å²) in [6, 6.07) is 3.60. The molecule has 1 aromatic rings. The van der Waals surface area contributed by atoms with Crippen LogP contribution in [0.15, 0.2) is 18.2 Å². The number of hydrogen-bond donors (Lipinski definition) is 2. The summed E-state index contributed by atoms with van der Waals surface area (Å²) in [5, 5.41) is 13.2. The number of halogens is 1. The van der Waals surface area contributed by atoms with Crippen molar-refractivity contribution < 1.29 is 14.1 Å². The van der Waals surface area contributed by atoms with E-state index < -0.39 is 16.6 Å². The Kier molecular flexibility index (Phi) is 4.38. The van der Waals surface area contributed by atoms with Crippen LogP contribution >= 0.6 is 0 Å². The quantitative estimate of drug-likeness (QED) is 0.447. The van der Waals surface area contributed by atoms with E-state index in [4.69, 9.17) is 5.73 Å². The van der Waals surface area contributed by atoms with Crippen molar-refractivity contribution in [3.8, 4) is 0 Å². The first kappa shape index (κ1) is 12.9. The van der Waals surface area contributed by atoms with Gasteiger partial charge in [0.2, 0.25) is 5.91 Å². The first-order chi connectivity index (χ1) is 8.02. The molecule has 6 nitrogen and oxygen atoms in total. The van der Waals surface area contributed by atoms with Gasteiger partial charge in [0.1, 0.15) is 5.69 Å². The SMILES string of the molecule is NC(=O)CCCNc1c(F)cccc1[N+](=O)[O-]. The lowest BCUT2D eigenvalue weighted by atomic mass is 10.2. The number of primary amides is 1. The van der Waals surface area contributed by atoms with E-state index in [-0.39, 0.29) is 24.3 Å². The third-order valence-electron chi connectivity index (χ3n) is 2.09. The van der Waals surface area contributed by atoms with E-state index in [1.807, 2.05) is 0 Å². The van der Waals surface area contributed by atoms with Crippen LogP contribution in [0.25, 0.3) is 0 Å². The number of benzene rings is 1. The van der Waals surface area contributed by atoms with E-state index in [2.05, 4.69) is 5.32 Å². The molecule has 0 unspecified atom stereocenters. The third-order valence-corrected chi connectivity index (χ3v) is 2.09. The summed E-state index contributed by atoms with van der Waals surface area (Å²) < 4.78 is 13.3. The minimum atomic E-state index is -0.696. The third kappa shape index (κ3) is 3.71. The molecular formula is C10H12FN3O3. The fourth-order valence-electron chi connectivity index (χ4n) is 1.32. The van der Waals surface area contributed by atoms with Gasteiger partial charge in [-0.2, -0.15) is 0 Å². The van der Waals surface area contributed by atoms with E-state index >= 15 is 0 Å². The molecular weight excluding hydrogens is 229 g/mol. The summed E-state index contributed by atoms with van der Waals surface area (Å²) in [7, 11) is 0. The van der Waals surface area contributed by atoms with Crippen molar-refractivity contribution >= 4 is 17.3 Å². The lowest BCUT2D eigenvalue weighted by molar-refractivity contribution is -0.384. The van der Waals surface area contributed by atoms with Gasteiger partial charge in [-0.15, -0.1) is 0 Å². The highest BCUT2D eigenvalue weighted by atomic mass is 19.1. The summed E-state index contributed by atoms with van der Waals surface area (Å²) in [4.78, 5) is 20.4. The van der Waals surface area contributed by atoms with Gasteiger partial charge in [-0.3, -0.25) is 14.9 Å². The van der Waals surface area contributed by atoms with E-state index in [9.17, 15) is 19.3 Å². The number of hydrogen-bond acceptors (Lipinski definition) is 4. The number of rotatable bonds is 6. The molecule has 0 aliphatic heterocycles. The molecule has 0 aliphatic carbocycles. The lowest BCUT2D eigenvalue weighted by Gasteiger charge is -2.07. The van der Waals surface area contributed by atoms with Crippen LogP contribution in [0.4, 0.5) is 15.8 Å². The van der Waals surface area contributed by atoms with Crippen molar-refractivity contribution in [2.75, 3.05) is 11.9 Å². The monoisotopic (exact) mass is 241 g/mol. The van der Waals surface area contributed by atoms with Gasteiger partial charge in [0.05, 0.1) is 4.92 Å². The number of anilines is 1. The molecule has 1 aromatic carbocycles. The number of amides is 1. The van der Waals surface area contributed by atoms with Gasteiger partial charge < -0.3 is 11.1 Å². The predicted octanol–water partition coefficient (Wildman–Crippen LogP) is 1.41. The molecule has 0 saturated carbocycles. The maximum Gasteiger partial charge on any atom is 0.295 e.